The van der Waals surface area contributed by atoms with E-state index in [1.807, 2.05) is 37.3 Å². The van der Waals surface area contributed by atoms with Crippen LogP contribution in [0.2, 0.25) is 0 Å². The van der Waals surface area contributed by atoms with Gasteiger partial charge in [-0.25, -0.2) is 0 Å². The summed E-state index contributed by atoms with van der Waals surface area (Å²) in [6.45, 7) is 2.11. The second-order valence-corrected chi connectivity index (χ2v) is 7.19. The summed E-state index contributed by atoms with van der Waals surface area (Å²) in [4.78, 5) is 0. The fraction of sp³-hybridized carbons (Fsp3) is 0.200. The van der Waals surface area contributed by atoms with Crippen LogP contribution in [0, 0.1) is 6.92 Å². The molecule has 0 saturated heterocycles. The Labute approximate surface area is 180 Å². The highest BCUT2D eigenvalue weighted by Crippen LogP contribution is 2.47. The zero-order valence-electron chi connectivity index (χ0n) is 17.9. The molecule has 4 rings (SSSR count). The summed E-state index contributed by atoms with van der Waals surface area (Å²) in [6, 6.07) is 14.3. The van der Waals surface area contributed by atoms with E-state index in [2.05, 4.69) is 0 Å². The van der Waals surface area contributed by atoms with Crippen molar-refractivity contribution < 1.29 is 29.2 Å². The van der Waals surface area contributed by atoms with E-state index in [0.29, 0.717) is 28.6 Å². The third kappa shape index (κ3) is 3.50. The van der Waals surface area contributed by atoms with Gasteiger partial charge in [0.1, 0.15) is 23.9 Å². The minimum Gasteiger partial charge on any atom is -0.508 e. The van der Waals surface area contributed by atoms with Gasteiger partial charge in [-0.05, 0) is 60.0 Å². The molecule has 0 saturated carbocycles. The van der Waals surface area contributed by atoms with Crippen LogP contribution in [-0.2, 0) is 0 Å². The van der Waals surface area contributed by atoms with Crippen LogP contribution in [0.25, 0.3) is 11.1 Å². The van der Waals surface area contributed by atoms with Crippen molar-refractivity contribution in [3.05, 3.63) is 70.8 Å². The predicted octanol–water partition coefficient (Wildman–Crippen LogP) is 4.78. The highest BCUT2D eigenvalue weighted by Gasteiger charge is 2.27. The fourth-order valence-electron chi connectivity index (χ4n) is 3.88. The van der Waals surface area contributed by atoms with Crippen LogP contribution < -0.4 is 18.9 Å². The van der Waals surface area contributed by atoms with E-state index in [-0.39, 0.29) is 18.1 Å². The second kappa shape index (κ2) is 8.14. The molecule has 2 N–H and O–H groups in total. The van der Waals surface area contributed by atoms with Gasteiger partial charge in [0, 0.05) is 16.7 Å². The minimum absolute atomic E-state index is 0.181. The number of benzene rings is 3. The topological polar surface area (TPSA) is 77.4 Å². The lowest BCUT2D eigenvalue weighted by atomic mass is 9.86. The Balaban J connectivity index is 2.03. The van der Waals surface area contributed by atoms with Gasteiger partial charge in [0.25, 0.3) is 0 Å². The second-order valence-electron chi connectivity index (χ2n) is 7.19. The van der Waals surface area contributed by atoms with Crippen LogP contribution in [0.1, 0.15) is 22.3 Å². The van der Waals surface area contributed by atoms with Gasteiger partial charge in [-0.1, -0.05) is 12.1 Å². The Kier molecular flexibility index (Phi) is 5.38. The van der Waals surface area contributed by atoms with Crippen LogP contribution >= 0.6 is 0 Å². The largest absolute Gasteiger partial charge is 0.508 e. The molecule has 31 heavy (non-hydrogen) atoms. The molecule has 1 aliphatic rings. The standard InChI is InChI=1S/C25H24O6/c1-14-20(27)10-9-18-23(15-5-7-17(26)8-6-15)19(13-31-24(14)18)16-11-21(28-2)25(30-4)22(12-16)29-3/h5-12,26-27H,13H2,1-4H3. The molecule has 3 aromatic carbocycles. The summed E-state index contributed by atoms with van der Waals surface area (Å²) in [5.74, 6) is 2.61. The van der Waals surface area contributed by atoms with Crippen molar-refractivity contribution >= 4 is 11.1 Å². The lowest BCUT2D eigenvalue weighted by Crippen LogP contribution is -2.13. The molecule has 6 heteroatoms. The Morgan fingerprint density at radius 3 is 2.03 bits per heavy atom. The summed E-state index contributed by atoms with van der Waals surface area (Å²) in [5.41, 5.74) is 5.17. The first-order valence-corrected chi connectivity index (χ1v) is 9.77. The molecule has 0 aromatic heterocycles. The molecular weight excluding hydrogens is 396 g/mol. The zero-order chi connectivity index (χ0) is 22.1. The number of phenolic OH excluding ortho intramolecular Hbond substituents is 2. The number of methoxy groups -OCH3 is 3. The smallest absolute Gasteiger partial charge is 0.203 e. The van der Waals surface area contributed by atoms with Crippen molar-refractivity contribution in [3.63, 3.8) is 0 Å². The minimum atomic E-state index is 0.181. The normalized spacial score (nSPS) is 12.8. The van der Waals surface area contributed by atoms with E-state index < -0.39 is 0 Å². The van der Waals surface area contributed by atoms with E-state index in [9.17, 15) is 10.2 Å². The summed E-state index contributed by atoms with van der Waals surface area (Å²) in [7, 11) is 4.72. The molecule has 0 unspecified atom stereocenters. The molecule has 0 aliphatic carbocycles. The number of rotatable bonds is 5. The maximum Gasteiger partial charge on any atom is 0.203 e. The summed E-state index contributed by atoms with van der Waals surface area (Å²) >= 11 is 0. The number of phenols is 2. The Morgan fingerprint density at radius 1 is 0.806 bits per heavy atom. The number of hydrogen-bond donors (Lipinski definition) is 2. The highest BCUT2D eigenvalue weighted by atomic mass is 16.5. The van der Waals surface area contributed by atoms with Gasteiger partial charge in [-0.3, -0.25) is 0 Å². The van der Waals surface area contributed by atoms with Crippen molar-refractivity contribution in [2.75, 3.05) is 27.9 Å². The highest BCUT2D eigenvalue weighted by molar-refractivity contribution is 6.02. The number of aromatic hydroxyl groups is 2. The quantitative estimate of drug-likeness (QED) is 0.618. The molecular formula is C25H24O6. The fourth-order valence-corrected chi connectivity index (χ4v) is 3.88. The van der Waals surface area contributed by atoms with Gasteiger partial charge in [0.2, 0.25) is 5.75 Å². The van der Waals surface area contributed by atoms with Gasteiger partial charge < -0.3 is 29.2 Å². The van der Waals surface area contributed by atoms with Crippen molar-refractivity contribution in [2.24, 2.45) is 0 Å². The molecule has 0 spiro atoms. The van der Waals surface area contributed by atoms with E-state index in [1.54, 1.807) is 39.5 Å². The van der Waals surface area contributed by atoms with Crippen molar-refractivity contribution in [2.45, 2.75) is 6.92 Å². The maximum absolute atomic E-state index is 10.2. The third-order valence-electron chi connectivity index (χ3n) is 5.48. The van der Waals surface area contributed by atoms with Crippen molar-refractivity contribution in [1.29, 1.82) is 0 Å². The van der Waals surface area contributed by atoms with Gasteiger partial charge in [0.05, 0.1) is 21.3 Å². The number of fused-ring (bicyclic) bond motifs is 1. The van der Waals surface area contributed by atoms with Crippen LogP contribution in [0.3, 0.4) is 0 Å². The van der Waals surface area contributed by atoms with E-state index in [1.165, 1.54) is 0 Å². The average Bonchev–Trinajstić information content (AvgIpc) is 2.80. The van der Waals surface area contributed by atoms with E-state index in [4.69, 9.17) is 18.9 Å². The molecule has 160 valence electrons. The molecule has 3 aromatic rings. The lowest BCUT2D eigenvalue weighted by Gasteiger charge is -2.27. The summed E-state index contributed by atoms with van der Waals surface area (Å²) < 4.78 is 22.6. The van der Waals surface area contributed by atoms with Gasteiger partial charge in [-0.15, -0.1) is 0 Å². The molecule has 0 bridgehead atoms. The van der Waals surface area contributed by atoms with Gasteiger partial charge in [-0.2, -0.15) is 0 Å². The van der Waals surface area contributed by atoms with Crippen LogP contribution in [0.4, 0.5) is 0 Å². The maximum atomic E-state index is 10.2. The first-order chi connectivity index (χ1) is 15.0. The Hall–Kier alpha value is -3.80. The summed E-state index contributed by atoms with van der Waals surface area (Å²) in [6.07, 6.45) is 0. The monoisotopic (exact) mass is 420 g/mol. The first-order valence-electron chi connectivity index (χ1n) is 9.77. The Morgan fingerprint density at radius 2 is 1.45 bits per heavy atom. The average molecular weight is 420 g/mol. The lowest BCUT2D eigenvalue weighted by molar-refractivity contribution is 0.324. The molecule has 1 heterocycles. The predicted molar refractivity (Wildman–Crippen MR) is 118 cm³/mol. The Bertz CT molecular complexity index is 1140. The molecule has 0 radical (unpaired) electrons. The number of hydrogen-bond acceptors (Lipinski definition) is 6. The summed E-state index contributed by atoms with van der Waals surface area (Å²) in [5, 5.41) is 20.0. The van der Waals surface area contributed by atoms with Crippen LogP contribution in [-0.4, -0.2) is 38.1 Å². The van der Waals surface area contributed by atoms with Crippen LogP contribution in [0.15, 0.2) is 48.5 Å². The van der Waals surface area contributed by atoms with Crippen molar-refractivity contribution in [3.8, 4) is 34.5 Å². The SMILES string of the molecule is COc1cc(C2=C(c3ccc(O)cc3)c3ccc(O)c(C)c3OC2)cc(OC)c1OC. The number of ether oxygens (including phenoxy) is 4. The molecule has 0 fully saturated rings. The van der Waals surface area contributed by atoms with E-state index >= 15 is 0 Å². The van der Waals surface area contributed by atoms with Gasteiger partial charge in [0.15, 0.2) is 11.5 Å². The van der Waals surface area contributed by atoms with E-state index in [0.717, 1.165) is 27.8 Å². The van der Waals surface area contributed by atoms with Crippen LogP contribution in [0.5, 0.6) is 34.5 Å². The third-order valence-corrected chi connectivity index (χ3v) is 5.48. The molecule has 1 aliphatic heterocycles. The zero-order valence-corrected chi connectivity index (χ0v) is 17.9. The molecule has 0 atom stereocenters. The first kappa shape index (κ1) is 20.5. The molecule has 0 amide bonds. The van der Waals surface area contributed by atoms with Gasteiger partial charge >= 0.3 is 0 Å². The molecule has 6 nitrogen and oxygen atoms in total. The van der Waals surface area contributed by atoms with Crippen molar-refractivity contribution in [1.82, 2.24) is 0 Å².